The van der Waals surface area contributed by atoms with E-state index < -0.39 is 17.9 Å². The first-order chi connectivity index (χ1) is 15.4. The Morgan fingerprint density at radius 1 is 0.938 bits per heavy atom. The molecule has 0 fully saturated rings. The number of hydrogen-bond donors (Lipinski definition) is 1. The van der Waals surface area contributed by atoms with Crippen LogP contribution in [0.4, 0.5) is 0 Å². The van der Waals surface area contributed by atoms with Crippen molar-refractivity contribution >= 4 is 29.3 Å². The summed E-state index contributed by atoms with van der Waals surface area (Å²) in [7, 11) is 0. The predicted octanol–water partition coefficient (Wildman–Crippen LogP) is 4.71. The van der Waals surface area contributed by atoms with Crippen molar-refractivity contribution in [3.05, 3.63) is 71.8 Å². The zero-order chi connectivity index (χ0) is 23.3. The van der Waals surface area contributed by atoms with E-state index in [0.717, 1.165) is 11.1 Å². The summed E-state index contributed by atoms with van der Waals surface area (Å²) in [5, 5.41) is 2.89. The fourth-order valence-electron chi connectivity index (χ4n) is 3.43. The summed E-state index contributed by atoms with van der Waals surface area (Å²) in [5.41, 5.74) is 1.88. The van der Waals surface area contributed by atoms with Crippen LogP contribution >= 0.6 is 11.6 Å². The highest BCUT2D eigenvalue weighted by Crippen LogP contribution is 2.17. The van der Waals surface area contributed by atoms with Crippen LogP contribution in [-0.2, 0) is 32.1 Å². The Morgan fingerprint density at radius 2 is 1.53 bits per heavy atom. The highest BCUT2D eigenvalue weighted by atomic mass is 35.5. The van der Waals surface area contributed by atoms with Crippen molar-refractivity contribution in [1.29, 1.82) is 0 Å². The highest BCUT2D eigenvalue weighted by molar-refractivity contribution is 6.27. The summed E-state index contributed by atoms with van der Waals surface area (Å²) in [6, 6.07) is 18.3. The number of alkyl halides is 1. The van der Waals surface area contributed by atoms with Crippen LogP contribution in [0.25, 0.3) is 0 Å². The molecule has 0 bridgehead atoms. The van der Waals surface area contributed by atoms with Crippen molar-refractivity contribution in [2.75, 3.05) is 5.88 Å². The minimum Gasteiger partial charge on any atom is -0.459 e. The Bertz CT molecular complexity index is 855. The van der Waals surface area contributed by atoms with Gasteiger partial charge in [0.15, 0.2) is 0 Å². The van der Waals surface area contributed by atoms with E-state index in [1.165, 1.54) is 0 Å². The lowest BCUT2D eigenvalue weighted by Gasteiger charge is -2.23. The van der Waals surface area contributed by atoms with Crippen LogP contribution in [0.1, 0.15) is 44.2 Å². The minimum absolute atomic E-state index is 0.0680. The number of hydrogen-bond acceptors (Lipinski definition) is 4. The maximum Gasteiger partial charge on any atom is 0.328 e. The van der Waals surface area contributed by atoms with Gasteiger partial charge in [-0.2, -0.15) is 0 Å². The molecule has 0 aromatic heterocycles. The number of halogens is 1. The van der Waals surface area contributed by atoms with Crippen LogP contribution in [0.15, 0.2) is 60.7 Å². The maximum absolute atomic E-state index is 13.2. The monoisotopic (exact) mass is 457 g/mol. The molecule has 0 heterocycles. The average Bonchev–Trinajstić information content (AvgIpc) is 2.80. The summed E-state index contributed by atoms with van der Waals surface area (Å²) < 4.78 is 5.48. The molecule has 0 unspecified atom stereocenters. The molecule has 6 heteroatoms. The first-order valence-electron chi connectivity index (χ1n) is 11.0. The number of ether oxygens (including phenoxy) is 1. The van der Waals surface area contributed by atoms with Gasteiger partial charge in [0.05, 0.1) is 5.88 Å². The highest BCUT2D eigenvalue weighted by Gasteiger charge is 2.28. The van der Waals surface area contributed by atoms with Gasteiger partial charge in [0.25, 0.3) is 0 Å². The van der Waals surface area contributed by atoms with Crippen molar-refractivity contribution in [2.24, 2.45) is 11.8 Å². The second kappa shape index (κ2) is 13.7. The predicted molar refractivity (Wildman–Crippen MR) is 126 cm³/mol. The van der Waals surface area contributed by atoms with E-state index in [1.807, 2.05) is 74.5 Å². The molecular weight excluding hydrogens is 426 g/mol. The molecule has 2 rings (SSSR count). The van der Waals surface area contributed by atoms with Crippen molar-refractivity contribution in [2.45, 2.75) is 52.2 Å². The van der Waals surface area contributed by atoms with Crippen molar-refractivity contribution < 1.29 is 19.1 Å². The Labute approximate surface area is 195 Å². The van der Waals surface area contributed by atoms with Gasteiger partial charge >= 0.3 is 5.97 Å². The van der Waals surface area contributed by atoms with Crippen molar-refractivity contribution in [1.82, 2.24) is 5.32 Å². The molecule has 2 aromatic carbocycles. The molecule has 5 nitrogen and oxygen atoms in total. The summed E-state index contributed by atoms with van der Waals surface area (Å²) in [6.45, 7) is 4.14. The number of rotatable bonds is 13. The van der Waals surface area contributed by atoms with Gasteiger partial charge in [0.2, 0.25) is 5.91 Å². The van der Waals surface area contributed by atoms with E-state index in [9.17, 15) is 14.4 Å². The largest absolute Gasteiger partial charge is 0.459 e. The molecule has 172 valence electrons. The molecule has 2 aromatic rings. The maximum atomic E-state index is 13.2. The minimum atomic E-state index is -0.742. The van der Waals surface area contributed by atoms with Crippen LogP contribution in [0.5, 0.6) is 0 Å². The second-order valence-electron chi connectivity index (χ2n) is 8.38. The molecule has 2 atom stereocenters. The van der Waals surface area contributed by atoms with Crippen molar-refractivity contribution in [3.8, 4) is 0 Å². The Hall–Kier alpha value is -2.66. The smallest absolute Gasteiger partial charge is 0.328 e. The lowest BCUT2D eigenvalue weighted by atomic mass is 9.92. The number of carbonyl (C=O) groups is 3. The lowest BCUT2D eigenvalue weighted by molar-refractivity contribution is -0.150. The SMILES string of the molecule is CC(C)C[C@@H](NC(=O)[C@H](CCC(=O)CCl)Cc1ccccc1)C(=O)OCc1ccccc1. The first-order valence-corrected chi connectivity index (χ1v) is 11.5. The Morgan fingerprint density at radius 3 is 2.09 bits per heavy atom. The van der Waals surface area contributed by atoms with Gasteiger partial charge in [-0.25, -0.2) is 4.79 Å². The number of carbonyl (C=O) groups excluding carboxylic acids is 3. The van der Waals surface area contributed by atoms with Crippen LogP contribution in [-0.4, -0.2) is 29.6 Å². The van der Waals surface area contributed by atoms with Gasteiger partial charge in [0, 0.05) is 12.3 Å². The molecule has 0 aliphatic rings. The fraction of sp³-hybridized carbons (Fsp3) is 0.423. The molecular formula is C26H32ClNO4. The molecule has 32 heavy (non-hydrogen) atoms. The molecule has 1 N–H and O–H groups in total. The Balaban J connectivity index is 2.07. The van der Waals surface area contributed by atoms with E-state index in [4.69, 9.17) is 16.3 Å². The molecule has 0 aliphatic heterocycles. The fourth-order valence-corrected chi connectivity index (χ4v) is 3.56. The van der Waals surface area contributed by atoms with Crippen LogP contribution in [0, 0.1) is 11.8 Å². The number of benzene rings is 2. The second-order valence-corrected chi connectivity index (χ2v) is 8.65. The summed E-state index contributed by atoms with van der Waals surface area (Å²) >= 11 is 5.63. The molecule has 1 amide bonds. The number of amides is 1. The van der Waals surface area contributed by atoms with Gasteiger partial charge in [-0.1, -0.05) is 74.5 Å². The van der Waals surface area contributed by atoms with E-state index in [-0.39, 0.29) is 36.5 Å². The third kappa shape index (κ3) is 9.23. The number of Topliss-reactive ketones (excluding diaryl/α,β-unsaturated/α-hetero) is 1. The normalized spacial score (nSPS) is 12.8. The van der Waals surface area contributed by atoms with E-state index in [1.54, 1.807) is 0 Å². The number of ketones is 1. The molecule has 0 aliphatic carbocycles. The van der Waals surface area contributed by atoms with Gasteiger partial charge in [-0.15, -0.1) is 11.6 Å². The van der Waals surface area contributed by atoms with Crippen LogP contribution in [0.3, 0.4) is 0 Å². The molecule has 0 radical (unpaired) electrons. The zero-order valence-electron chi connectivity index (χ0n) is 18.8. The van der Waals surface area contributed by atoms with E-state index >= 15 is 0 Å². The molecule has 0 spiro atoms. The number of esters is 1. The molecule has 0 saturated carbocycles. The number of nitrogens with one attached hydrogen (secondary N) is 1. The third-order valence-corrected chi connectivity index (χ3v) is 5.45. The van der Waals surface area contributed by atoms with E-state index in [2.05, 4.69) is 5.32 Å². The first kappa shape index (κ1) is 25.6. The lowest BCUT2D eigenvalue weighted by Crippen LogP contribution is -2.45. The summed E-state index contributed by atoms with van der Waals surface area (Å²) in [4.78, 5) is 37.7. The van der Waals surface area contributed by atoms with Crippen molar-refractivity contribution in [3.63, 3.8) is 0 Å². The van der Waals surface area contributed by atoms with Gasteiger partial charge in [-0.3, -0.25) is 9.59 Å². The van der Waals surface area contributed by atoms with Gasteiger partial charge < -0.3 is 10.1 Å². The Kier molecular flexibility index (Phi) is 10.9. The van der Waals surface area contributed by atoms with Gasteiger partial charge in [-0.05, 0) is 36.3 Å². The summed E-state index contributed by atoms with van der Waals surface area (Å²) in [6.07, 6.45) is 1.55. The van der Waals surface area contributed by atoms with Crippen LogP contribution < -0.4 is 5.32 Å². The van der Waals surface area contributed by atoms with E-state index in [0.29, 0.717) is 19.3 Å². The third-order valence-electron chi connectivity index (χ3n) is 5.15. The standard InChI is InChI=1S/C26H32ClNO4/c1-19(2)15-24(26(31)32-18-21-11-7-4-8-12-21)28-25(30)22(13-14-23(29)17-27)16-20-9-5-3-6-10-20/h3-12,19,22,24H,13-18H2,1-2H3,(H,28,30)/t22-,24-/m1/s1. The topological polar surface area (TPSA) is 72.5 Å². The summed E-state index contributed by atoms with van der Waals surface area (Å²) in [5.74, 6) is -1.12. The molecule has 0 saturated heterocycles. The quantitative estimate of drug-likeness (QED) is 0.349. The average molecular weight is 458 g/mol. The zero-order valence-corrected chi connectivity index (χ0v) is 19.5. The van der Waals surface area contributed by atoms with Gasteiger partial charge in [0.1, 0.15) is 18.4 Å². The van der Waals surface area contributed by atoms with Crippen LogP contribution in [0.2, 0.25) is 0 Å².